The quantitative estimate of drug-likeness (QED) is 0.0195. The SMILES string of the molecule is CC/C=C\C/C=C\C/C=C\C/C=C\C/C=C\C/C=C\C/C=C\C/C=C\C/C=C\CCCCCCCCCC(=O)OC(COC(=O)CCCCCCCCC/C=C\C/C=C\C/C=C\C/C=C\C/C=C\C/C=C\C/C=C\CC)COC(OCC[N+](C)(C)C)C(=O)[O-]. The van der Waals surface area contributed by atoms with Gasteiger partial charge < -0.3 is 33.3 Å². The van der Waals surface area contributed by atoms with E-state index in [4.69, 9.17) is 18.9 Å². The van der Waals surface area contributed by atoms with Gasteiger partial charge in [0.25, 0.3) is 0 Å². The Morgan fingerprint density at radius 1 is 0.337 bits per heavy atom. The van der Waals surface area contributed by atoms with Gasteiger partial charge in [-0.1, -0.05) is 272 Å². The van der Waals surface area contributed by atoms with Crippen LogP contribution in [0.5, 0.6) is 0 Å². The molecule has 0 saturated heterocycles. The number of aliphatic carboxylic acids is 1. The summed E-state index contributed by atoms with van der Waals surface area (Å²) in [5.74, 6) is -2.34. The Morgan fingerprint density at radius 3 is 0.899 bits per heavy atom. The van der Waals surface area contributed by atoms with E-state index in [0.29, 0.717) is 23.9 Å². The van der Waals surface area contributed by atoms with Crippen molar-refractivity contribution in [1.29, 1.82) is 0 Å². The zero-order valence-electron chi connectivity index (χ0n) is 56.7. The van der Waals surface area contributed by atoms with Crippen LogP contribution in [0.1, 0.15) is 232 Å². The van der Waals surface area contributed by atoms with Gasteiger partial charge in [0, 0.05) is 12.8 Å². The molecule has 89 heavy (non-hydrogen) atoms. The number of allylic oxidation sites excluding steroid dienone is 32. The summed E-state index contributed by atoms with van der Waals surface area (Å²) in [5.41, 5.74) is 0. The number of esters is 2. The fourth-order valence-electron chi connectivity index (χ4n) is 8.63. The first kappa shape index (κ1) is 83.1. The van der Waals surface area contributed by atoms with E-state index in [-0.39, 0.29) is 38.6 Å². The average Bonchev–Trinajstić information content (AvgIpc) is 3.64. The summed E-state index contributed by atoms with van der Waals surface area (Å²) in [6, 6.07) is 0. The first-order valence-corrected chi connectivity index (χ1v) is 34.6. The molecule has 0 saturated carbocycles. The molecule has 2 atom stereocenters. The third kappa shape index (κ3) is 69.5. The van der Waals surface area contributed by atoms with Gasteiger partial charge in [0.2, 0.25) is 0 Å². The number of rotatable bonds is 61. The topological polar surface area (TPSA) is 111 Å². The van der Waals surface area contributed by atoms with Crippen molar-refractivity contribution in [2.45, 2.75) is 245 Å². The Kier molecular flexibility index (Phi) is 63.6. The number of hydrogen-bond acceptors (Lipinski definition) is 8. The minimum atomic E-state index is -1.64. The largest absolute Gasteiger partial charge is 0.545 e. The maximum Gasteiger partial charge on any atom is 0.306 e. The molecule has 0 radical (unpaired) electrons. The van der Waals surface area contributed by atoms with Gasteiger partial charge in [-0.25, -0.2) is 0 Å². The van der Waals surface area contributed by atoms with E-state index in [1.165, 1.54) is 32.1 Å². The molecule has 0 aliphatic carbocycles. The lowest BCUT2D eigenvalue weighted by Crippen LogP contribution is -2.44. The second-order valence-electron chi connectivity index (χ2n) is 23.3. The fourth-order valence-corrected chi connectivity index (χ4v) is 8.63. The molecule has 0 aromatic heterocycles. The molecule has 9 nitrogen and oxygen atoms in total. The zero-order chi connectivity index (χ0) is 64.7. The highest BCUT2D eigenvalue weighted by molar-refractivity contribution is 5.70. The van der Waals surface area contributed by atoms with Crippen LogP contribution in [0.3, 0.4) is 0 Å². The molecule has 9 heteroatoms. The molecule has 498 valence electrons. The third-order valence-corrected chi connectivity index (χ3v) is 13.8. The highest BCUT2D eigenvalue weighted by atomic mass is 16.7. The minimum absolute atomic E-state index is 0.132. The van der Waals surface area contributed by atoms with Gasteiger partial charge >= 0.3 is 11.9 Å². The Labute approximate surface area is 544 Å². The molecule has 0 spiro atoms. The van der Waals surface area contributed by atoms with Crippen LogP contribution in [0, 0.1) is 0 Å². The molecule has 0 aliphatic heterocycles. The van der Waals surface area contributed by atoms with Crippen LogP contribution in [0.4, 0.5) is 0 Å². The summed E-state index contributed by atoms with van der Waals surface area (Å²) in [7, 11) is 5.91. The number of hydrogen-bond donors (Lipinski definition) is 0. The number of carbonyl (C=O) groups is 3. The third-order valence-electron chi connectivity index (χ3n) is 13.8. The highest BCUT2D eigenvalue weighted by Crippen LogP contribution is 2.14. The molecule has 0 heterocycles. The van der Waals surface area contributed by atoms with Crippen molar-refractivity contribution in [3.05, 3.63) is 194 Å². The number of carbonyl (C=O) groups excluding carboxylic acids is 3. The molecule has 0 bridgehead atoms. The van der Waals surface area contributed by atoms with Crippen LogP contribution in [-0.2, 0) is 33.3 Å². The van der Waals surface area contributed by atoms with Crippen molar-refractivity contribution in [2.75, 3.05) is 47.5 Å². The summed E-state index contributed by atoms with van der Waals surface area (Å²) >= 11 is 0. The first-order valence-electron chi connectivity index (χ1n) is 34.6. The second-order valence-corrected chi connectivity index (χ2v) is 23.3. The summed E-state index contributed by atoms with van der Waals surface area (Å²) in [5, 5.41) is 11.8. The number of quaternary nitrogens is 1. The smallest absolute Gasteiger partial charge is 0.306 e. The lowest BCUT2D eigenvalue weighted by molar-refractivity contribution is -0.870. The average molecular weight is 1230 g/mol. The molecular weight excluding hydrogens is 1100 g/mol. The first-order chi connectivity index (χ1) is 43.6. The van der Waals surface area contributed by atoms with Crippen molar-refractivity contribution in [1.82, 2.24) is 0 Å². The van der Waals surface area contributed by atoms with E-state index >= 15 is 0 Å². The number of nitrogens with zero attached hydrogens (tertiary/aromatic N) is 1. The van der Waals surface area contributed by atoms with Crippen LogP contribution in [-0.4, -0.2) is 82.3 Å². The molecule has 0 N–H and O–H groups in total. The van der Waals surface area contributed by atoms with Crippen LogP contribution in [0.2, 0.25) is 0 Å². The van der Waals surface area contributed by atoms with E-state index in [1.54, 1.807) is 0 Å². The Morgan fingerprint density at radius 2 is 0.607 bits per heavy atom. The molecule has 0 aliphatic rings. The molecule has 0 fully saturated rings. The van der Waals surface area contributed by atoms with E-state index in [1.807, 2.05) is 21.1 Å². The van der Waals surface area contributed by atoms with E-state index < -0.39 is 24.3 Å². The van der Waals surface area contributed by atoms with Gasteiger partial charge in [0.1, 0.15) is 13.2 Å². The monoisotopic (exact) mass is 1230 g/mol. The molecule has 0 amide bonds. The number of likely N-dealkylation sites (N-methyl/N-ethyl adjacent to an activating group) is 1. The Balaban J connectivity index is 4.27. The lowest BCUT2D eigenvalue weighted by atomic mass is 10.1. The number of ether oxygens (including phenoxy) is 4. The van der Waals surface area contributed by atoms with Crippen molar-refractivity contribution >= 4 is 17.9 Å². The van der Waals surface area contributed by atoms with Crippen molar-refractivity contribution in [2.24, 2.45) is 0 Å². The molecule has 0 aromatic rings. The van der Waals surface area contributed by atoms with E-state index in [2.05, 4.69) is 208 Å². The second kappa shape index (κ2) is 68.0. The van der Waals surface area contributed by atoms with Crippen LogP contribution < -0.4 is 5.11 Å². The Bertz CT molecular complexity index is 2160. The summed E-state index contributed by atoms with van der Waals surface area (Å²) in [6.45, 7) is 4.47. The number of carboxylic acid groups (broad SMARTS) is 1. The fraction of sp³-hybridized carbons (Fsp3) is 0.562. The van der Waals surface area contributed by atoms with Crippen LogP contribution in [0.15, 0.2) is 194 Å². The maximum absolute atomic E-state index is 12.9. The van der Waals surface area contributed by atoms with E-state index in [0.717, 1.165) is 161 Å². The number of unbranched alkanes of at least 4 members (excludes halogenated alkanes) is 14. The molecule has 0 rings (SSSR count). The summed E-state index contributed by atoms with van der Waals surface area (Å²) in [4.78, 5) is 37.5. The Hall–Kier alpha value is -5.87. The predicted octanol–water partition coefficient (Wildman–Crippen LogP) is 20.5. The van der Waals surface area contributed by atoms with Gasteiger partial charge in [-0.2, -0.15) is 0 Å². The molecular formula is C80H125NO8. The van der Waals surface area contributed by atoms with Crippen LogP contribution >= 0.6 is 0 Å². The number of carboxylic acids is 1. The minimum Gasteiger partial charge on any atom is -0.545 e. The standard InChI is InChI=1S/C80H125NO8/c1-6-8-10-12-14-16-18-20-22-24-26-28-30-32-34-36-37-38-39-40-41-43-45-47-49-51-53-55-57-59-61-63-65-67-69-71-78(83)89-76(75-88-80(79(84)85)86-73-72-81(3,4)5)74-87-77(82)70-68-66-64-62-60-58-56-54-52-50-48-46-44-42-35-33-31-29-27-25-23-21-19-17-15-13-11-9-7-2/h8-11,14-17,20-23,26-29,32-35,37-38,40-41,44-47,50-53,76,80H,6-7,12-13,18-19,24-25,30-31,36,39,42-43,48-49,54-75H2,1-5H3/b10-8-,11-9-,16-14-,17-15-,22-20-,23-21-,28-26-,29-27-,34-32-,35-33-,38-37-,41-40-,46-44-,47-45-,52-50-,53-51-. The molecule has 2 unspecified atom stereocenters. The van der Waals surface area contributed by atoms with Gasteiger partial charge in [0.15, 0.2) is 12.4 Å². The normalized spacial score (nSPS) is 13.9. The van der Waals surface area contributed by atoms with Gasteiger partial charge in [0.05, 0.1) is 40.3 Å². The van der Waals surface area contributed by atoms with Crippen LogP contribution in [0.25, 0.3) is 0 Å². The maximum atomic E-state index is 12.9. The van der Waals surface area contributed by atoms with Crippen molar-refractivity contribution in [3.63, 3.8) is 0 Å². The predicted molar refractivity (Wildman–Crippen MR) is 379 cm³/mol. The van der Waals surface area contributed by atoms with Gasteiger partial charge in [-0.05, 0) is 141 Å². The highest BCUT2D eigenvalue weighted by Gasteiger charge is 2.22. The summed E-state index contributed by atoms with van der Waals surface area (Å²) in [6.07, 6.45) is 102. The molecule has 0 aromatic carbocycles. The van der Waals surface area contributed by atoms with Gasteiger partial charge in [-0.15, -0.1) is 0 Å². The zero-order valence-corrected chi connectivity index (χ0v) is 56.7. The van der Waals surface area contributed by atoms with Gasteiger partial charge in [-0.3, -0.25) is 9.59 Å². The van der Waals surface area contributed by atoms with Crippen molar-refractivity contribution in [3.8, 4) is 0 Å². The summed E-state index contributed by atoms with van der Waals surface area (Å²) < 4.78 is 22.7. The lowest BCUT2D eigenvalue weighted by Gasteiger charge is -2.26. The van der Waals surface area contributed by atoms with Crippen molar-refractivity contribution < 1.29 is 42.9 Å². The van der Waals surface area contributed by atoms with E-state index in [9.17, 15) is 19.5 Å².